The number of carbonyl (C=O) groups excluding carboxylic acids is 2. The number of benzene rings is 2. The summed E-state index contributed by atoms with van der Waals surface area (Å²) < 4.78 is 6.46. The number of rotatable bonds is 0. The lowest BCUT2D eigenvalue weighted by atomic mass is 9.67. The van der Waals surface area contributed by atoms with Crippen LogP contribution >= 0.6 is 22.6 Å². The second-order valence-electron chi connectivity index (χ2n) is 6.43. The molecule has 2 aliphatic heterocycles. The monoisotopic (exact) mass is 467 g/mol. The third-order valence-electron chi connectivity index (χ3n) is 5.17. The molecule has 27 heavy (non-hydrogen) atoms. The first-order chi connectivity index (χ1) is 13.0. The SMILES string of the molecule is N#CC1=C(N)OC2=C(c3ccccc3C2=O)C12C(=O)Nc1ccc(I)cc12. The average Bonchev–Trinajstić information content (AvgIpc) is 3.09. The van der Waals surface area contributed by atoms with Crippen molar-refractivity contribution in [2.75, 3.05) is 5.32 Å². The highest BCUT2D eigenvalue weighted by Gasteiger charge is 2.60. The van der Waals surface area contributed by atoms with Crippen molar-refractivity contribution in [3.05, 3.63) is 79.9 Å². The summed E-state index contributed by atoms with van der Waals surface area (Å²) in [6, 6.07) is 14.5. The number of nitriles is 1. The standard InChI is InChI=1S/C20H10IN3O3/c21-9-5-6-14-12(7-9)20(19(26)24-14)13(8-22)18(23)27-17-15(20)10-3-1-2-4-11(10)16(17)25/h1-7H,23H2,(H,24,26). The molecule has 0 saturated heterocycles. The number of ketones is 1. The maximum Gasteiger partial charge on any atom is 0.245 e. The van der Waals surface area contributed by atoms with Gasteiger partial charge in [-0.3, -0.25) is 9.59 Å². The Bertz CT molecular complexity index is 1210. The molecule has 0 fully saturated rings. The minimum atomic E-state index is -1.51. The van der Waals surface area contributed by atoms with Gasteiger partial charge in [0, 0.05) is 26.0 Å². The highest BCUT2D eigenvalue weighted by atomic mass is 127. The van der Waals surface area contributed by atoms with E-state index >= 15 is 0 Å². The van der Waals surface area contributed by atoms with E-state index in [1.54, 1.807) is 30.3 Å². The van der Waals surface area contributed by atoms with Crippen LogP contribution < -0.4 is 11.1 Å². The van der Waals surface area contributed by atoms with Crippen molar-refractivity contribution >= 4 is 45.5 Å². The molecule has 1 amide bonds. The number of hydrogen-bond donors (Lipinski definition) is 2. The van der Waals surface area contributed by atoms with Gasteiger partial charge in [-0.2, -0.15) is 5.26 Å². The molecule has 2 aromatic rings. The normalized spacial score (nSPS) is 22.2. The quantitative estimate of drug-likeness (QED) is 0.580. The average molecular weight is 467 g/mol. The van der Waals surface area contributed by atoms with Crippen LogP contribution in [0.5, 0.6) is 0 Å². The fourth-order valence-corrected chi connectivity index (χ4v) is 4.60. The molecule has 2 heterocycles. The smallest absolute Gasteiger partial charge is 0.245 e. The highest BCUT2D eigenvalue weighted by Crippen LogP contribution is 2.57. The van der Waals surface area contributed by atoms with Gasteiger partial charge in [-0.1, -0.05) is 24.3 Å². The summed E-state index contributed by atoms with van der Waals surface area (Å²) in [4.78, 5) is 26.3. The van der Waals surface area contributed by atoms with Crippen LogP contribution in [-0.2, 0) is 14.9 Å². The van der Waals surface area contributed by atoms with E-state index in [1.807, 2.05) is 12.1 Å². The molecule has 1 atom stereocenters. The number of amides is 1. The van der Waals surface area contributed by atoms with Gasteiger partial charge in [-0.05, 0) is 46.4 Å². The molecule has 1 spiro atoms. The number of nitrogens with zero attached hydrogens (tertiary/aromatic N) is 1. The van der Waals surface area contributed by atoms with Crippen molar-refractivity contribution in [1.29, 1.82) is 5.26 Å². The Labute approximate surface area is 167 Å². The molecule has 6 nitrogen and oxygen atoms in total. The van der Waals surface area contributed by atoms with Crippen molar-refractivity contribution in [3.8, 4) is 6.07 Å². The van der Waals surface area contributed by atoms with Gasteiger partial charge in [0.15, 0.2) is 5.76 Å². The second-order valence-corrected chi connectivity index (χ2v) is 7.67. The molecule has 0 saturated carbocycles. The summed E-state index contributed by atoms with van der Waals surface area (Å²) in [6.07, 6.45) is 0. The number of Topliss-reactive ketones (excluding diaryl/α,β-unsaturated/α-hetero) is 1. The first kappa shape index (κ1) is 16.1. The third-order valence-corrected chi connectivity index (χ3v) is 5.84. The zero-order valence-corrected chi connectivity index (χ0v) is 15.8. The van der Waals surface area contributed by atoms with Crippen LogP contribution in [-0.4, -0.2) is 11.7 Å². The van der Waals surface area contributed by atoms with Gasteiger partial charge < -0.3 is 15.8 Å². The van der Waals surface area contributed by atoms with Crippen LogP contribution in [0.25, 0.3) is 5.57 Å². The summed E-state index contributed by atoms with van der Waals surface area (Å²) in [5, 5.41) is 12.7. The Morgan fingerprint density at radius 1 is 1.15 bits per heavy atom. The Hall–Kier alpha value is -3.12. The lowest BCUT2D eigenvalue weighted by Gasteiger charge is -2.33. The van der Waals surface area contributed by atoms with Crippen LogP contribution in [0.4, 0.5) is 5.69 Å². The Morgan fingerprint density at radius 3 is 2.63 bits per heavy atom. The minimum Gasteiger partial charge on any atom is -0.436 e. The molecule has 1 unspecified atom stereocenters. The number of anilines is 1. The second kappa shape index (κ2) is 5.20. The molecule has 0 aromatic heterocycles. The topological polar surface area (TPSA) is 105 Å². The van der Waals surface area contributed by atoms with Crippen molar-refractivity contribution in [1.82, 2.24) is 0 Å². The number of ether oxygens (including phenoxy) is 1. The summed E-state index contributed by atoms with van der Waals surface area (Å²) in [5.41, 5.74) is 7.08. The molecule has 2 aromatic carbocycles. The zero-order chi connectivity index (χ0) is 18.9. The number of allylic oxidation sites excluding steroid dienone is 1. The molecule has 1 aliphatic carbocycles. The lowest BCUT2D eigenvalue weighted by molar-refractivity contribution is -0.118. The predicted molar refractivity (Wildman–Crippen MR) is 105 cm³/mol. The van der Waals surface area contributed by atoms with Gasteiger partial charge in [0.1, 0.15) is 17.1 Å². The Kier molecular flexibility index (Phi) is 3.10. The first-order valence-corrected chi connectivity index (χ1v) is 9.16. The number of nitrogens with two attached hydrogens (primary N) is 1. The van der Waals surface area contributed by atoms with Gasteiger partial charge in [0.2, 0.25) is 17.6 Å². The van der Waals surface area contributed by atoms with Crippen molar-refractivity contribution in [2.45, 2.75) is 5.41 Å². The number of fused-ring (bicyclic) bond motifs is 5. The van der Waals surface area contributed by atoms with E-state index in [1.165, 1.54) is 0 Å². The van der Waals surface area contributed by atoms with Gasteiger partial charge in [0.05, 0.1) is 0 Å². The summed E-state index contributed by atoms with van der Waals surface area (Å²) in [6.45, 7) is 0. The van der Waals surface area contributed by atoms with Gasteiger partial charge in [-0.25, -0.2) is 0 Å². The number of carbonyl (C=O) groups is 2. The predicted octanol–water partition coefficient (Wildman–Crippen LogP) is 2.81. The summed E-state index contributed by atoms with van der Waals surface area (Å²) in [5.74, 6) is -0.972. The van der Waals surface area contributed by atoms with Crippen LogP contribution in [0.15, 0.2) is 59.7 Å². The largest absolute Gasteiger partial charge is 0.436 e. The van der Waals surface area contributed by atoms with Crippen LogP contribution in [0.3, 0.4) is 0 Å². The van der Waals surface area contributed by atoms with E-state index in [4.69, 9.17) is 10.5 Å². The molecule has 5 rings (SSSR count). The first-order valence-electron chi connectivity index (χ1n) is 8.08. The van der Waals surface area contributed by atoms with Gasteiger partial charge in [-0.15, -0.1) is 0 Å². The lowest BCUT2D eigenvalue weighted by Crippen LogP contribution is -2.42. The number of nitrogens with one attached hydrogen (secondary N) is 1. The molecule has 3 N–H and O–H groups in total. The molecule has 0 radical (unpaired) electrons. The summed E-state index contributed by atoms with van der Waals surface area (Å²) in [7, 11) is 0. The molecule has 7 heteroatoms. The molecular weight excluding hydrogens is 457 g/mol. The van der Waals surface area contributed by atoms with Crippen LogP contribution in [0, 0.1) is 14.9 Å². The van der Waals surface area contributed by atoms with Crippen LogP contribution in [0.1, 0.15) is 21.5 Å². The van der Waals surface area contributed by atoms with E-state index in [0.29, 0.717) is 28.0 Å². The van der Waals surface area contributed by atoms with E-state index in [0.717, 1.165) is 3.57 Å². The van der Waals surface area contributed by atoms with Crippen molar-refractivity contribution in [2.24, 2.45) is 5.73 Å². The van der Waals surface area contributed by atoms with Gasteiger partial charge in [0.25, 0.3) is 0 Å². The maximum absolute atomic E-state index is 13.3. The molecule has 130 valence electrons. The van der Waals surface area contributed by atoms with E-state index in [9.17, 15) is 14.9 Å². The Morgan fingerprint density at radius 2 is 1.89 bits per heavy atom. The van der Waals surface area contributed by atoms with Crippen molar-refractivity contribution < 1.29 is 14.3 Å². The van der Waals surface area contributed by atoms with E-state index in [2.05, 4.69) is 34.0 Å². The van der Waals surface area contributed by atoms with Gasteiger partial charge >= 0.3 is 0 Å². The number of hydrogen-bond acceptors (Lipinski definition) is 5. The fraction of sp³-hybridized carbons (Fsp3) is 0.0500. The van der Waals surface area contributed by atoms with E-state index in [-0.39, 0.29) is 23.0 Å². The summed E-state index contributed by atoms with van der Waals surface area (Å²) >= 11 is 2.14. The number of halogens is 1. The third kappa shape index (κ3) is 1.78. The van der Waals surface area contributed by atoms with E-state index < -0.39 is 11.3 Å². The highest BCUT2D eigenvalue weighted by molar-refractivity contribution is 14.1. The minimum absolute atomic E-state index is 0.00885. The molecule has 0 bridgehead atoms. The van der Waals surface area contributed by atoms with Crippen LogP contribution in [0.2, 0.25) is 0 Å². The molecular formula is C20H10IN3O3. The maximum atomic E-state index is 13.3. The molecule has 3 aliphatic rings. The zero-order valence-electron chi connectivity index (χ0n) is 13.7. The fourth-order valence-electron chi connectivity index (χ4n) is 4.11. The Balaban J connectivity index is 1.96. The van der Waals surface area contributed by atoms with Crippen molar-refractivity contribution in [3.63, 3.8) is 0 Å².